The van der Waals surface area contributed by atoms with E-state index in [0.29, 0.717) is 0 Å². The van der Waals surface area contributed by atoms with Gasteiger partial charge in [0.2, 0.25) is 0 Å². The molecule has 11 heteroatoms. The number of anilines is 2. The van der Waals surface area contributed by atoms with Gasteiger partial charge in [0.1, 0.15) is 78.5 Å². The molecule has 0 atom stereocenters. The highest BCUT2D eigenvalue weighted by Gasteiger charge is 2.15. The molecule has 0 aromatic heterocycles. The van der Waals surface area contributed by atoms with E-state index in [-0.39, 0.29) is 0 Å². The van der Waals surface area contributed by atoms with Crippen LogP contribution in [0.15, 0.2) is 0 Å². The fourth-order valence-corrected chi connectivity index (χ4v) is 3.50. The van der Waals surface area contributed by atoms with Gasteiger partial charge in [0.05, 0.1) is 0 Å². The third-order valence-corrected chi connectivity index (χ3v) is 6.25. The molecular formula is C12H21B10N. The zero-order valence-corrected chi connectivity index (χ0v) is 16.5. The molecule has 0 aliphatic rings. The first kappa shape index (κ1) is 18.2. The number of hydrogen-bond donors (Lipinski definition) is 1. The molecular weight excluding hydrogens is 266 g/mol. The first-order valence-electron chi connectivity index (χ1n) is 8.50. The Balaban J connectivity index is 2.71. The van der Waals surface area contributed by atoms with Gasteiger partial charge in [-0.25, -0.2) is 0 Å². The van der Waals surface area contributed by atoms with Gasteiger partial charge in [-0.15, -0.1) is 10.9 Å². The van der Waals surface area contributed by atoms with Gasteiger partial charge in [-0.1, -0.05) is 43.7 Å². The Labute approximate surface area is 150 Å². The summed E-state index contributed by atoms with van der Waals surface area (Å²) in [5, 5.41) is 3.79. The van der Waals surface area contributed by atoms with Crippen molar-refractivity contribution in [2.45, 2.75) is 0 Å². The molecule has 2 rings (SSSR count). The van der Waals surface area contributed by atoms with Crippen LogP contribution in [0.5, 0.6) is 0 Å². The monoisotopic (exact) mass is 289 g/mol. The van der Waals surface area contributed by atoms with E-state index in [2.05, 4.69) is 83.8 Å². The normalized spacial score (nSPS) is 10.6. The highest BCUT2D eigenvalue weighted by atomic mass is 14.9. The van der Waals surface area contributed by atoms with Gasteiger partial charge in [0.25, 0.3) is 0 Å². The van der Waals surface area contributed by atoms with E-state index in [9.17, 15) is 0 Å². The minimum atomic E-state index is 1.28. The molecule has 0 unspecified atom stereocenters. The zero-order chi connectivity index (χ0) is 17.6. The maximum Gasteiger partial charge on any atom is 0.141 e. The Morgan fingerprint density at radius 3 is 0.696 bits per heavy atom. The van der Waals surface area contributed by atoms with Crippen LogP contribution in [0.25, 0.3) is 0 Å². The van der Waals surface area contributed by atoms with Crippen molar-refractivity contribution in [3.05, 3.63) is 0 Å². The van der Waals surface area contributed by atoms with Crippen molar-refractivity contribution in [3.8, 4) is 0 Å². The van der Waals surface area contributed by atoms with E-state index in [1.807, 2.05) is 0 Å². The number of benzene rings is 2. The van der Waals surface area contributed by atoms with Crippen molar-refractivity contribution in [2.75, 3.05) is 5.32 Å². The summed E-state index contributed by atoms with van der Waals surface area (Å²) in [6.07, 6.45) is 0. The van der Waals surface area contributed by atoms with Crippen molar-refractivity contribution in [3.63, 3.8) is 0 Å². The van der Waals surface area contributed by atoms with Gasteiger partial charge in [0, 0.05) is 11.4 Å². The molecule has 104 valence electrons. The molecule has 1 N–H and O–H groups in total. The lowest BCUT2D eigenvalue weighted by Crippen LogP contribution is -2.57. The molecule has 2 aromatic carbocycles. The zero-order valence-electron chi connectivity index (χ0n) is 16.5. The van der Waals surface area contributed by atoms with Crippen molar-refractivity contribution in [1.29, 1.82) is 0 Å². The highest BCUT2D eigenvalue weighted by Crippen LogP contribution is 2.03. The van der Waals surface area contributed by atoms with Crippen LogP contribution in [0.4, 0.5) is 11.4 Å². The molecule has 0 saturated heterocycles. The van der Waals surface area contributed by atoms with E-state index in [4.69, 9.17) is 0 Å². The van der Waals surface area contributed by atoms with Gasteiger partial charge in [0.15, 0.2) is 0 Å². The van der Waals surface area contributed by atoms with E-state index >= 15 is 0 Å². The summed E-state index contributed by atoms with van der Waals surface area (Å²) in [4.78, 5) is 0. The molecule has 0 aliphatic carbocycles. The average Bonchev–Trinajstić information content (AvgIpc) is 2.54. The summed E-state index contributed by atoms with van der Waals surface area (Å²) in [6.45, 7) is 0. The molecule has 2 aromatic rings. The number of hydrogen-bond acceptors (Lipinski definition) is 1. The second kappa shape index (κ2) is 6.42. The second-order valence-corrected chi connectivity index (χ2v) is 7.12. The molecule has 0 heterocycles. The minimum Gasteiger partial charge on any atom is -0.357 e. The first-order chi connectivity index (χ1) is 10.6. The second-order valence-electron chi connectivity index (χ2n) is 7.12. The van der Waals surface area contributed by atoms with Crippen molar-refractivity contribution in [2.24, 2.45) is 0 Å². The average molecular weight is 287 g/mol. The first-order valence-corrected chi connectivity index (χ1v) is 8.50. The third kappa shape index (κ3) is 2.88. The van der Waals surface area contributed by atoms with E-state index in [1.54, 1.807) is 0 Å². The molecule has 0 radical (unpaired) electrons. The number of nitrogens with one attached hydrogen (secondary N) is 1. The van der Waals surface area contributed by atoms with Crippen LogP contribution >= 0.6 is 0 Å². The summed E-state index contributed by atoms with van der Waals surface area (Å²) < 4.78 is 0. The molecule has 0 spiro atoms. The summed E-state index contributed by atoms with van der Waals surface area (Å²) in [5.74, 6) is 0. The predicted octanol–water partition coefficient (Wildman–Crippen LogP) is -14.0. The topological polar surface area (TPSA) is 12.0 Å². The van der Waals surface area contributed by atoms with Gasteiger partial charge in [-0.3, -0.25) is 0 Å². The predicted molar refractivity (Wildman–Crippen MR) is 138 cm³/mol. The van der Waals surface area contributed by atoms with Gasteiger partial charge >= 0.3 is 0 Å². The molecule has 23 heavy (non-hydrogen) atoms. The molecule has 0 saturated carbocycles. The minimum absolute atomic E-state index is 1.28. The van der Waals surface area contributed by atoms with E-state index in [0.717, 1.165) is 0 Å². The molecule has 1 nitrogen and oxygen atoms in total. The Bertz CT molecular complexity index is 691. The largest absolute Gasteiger partial charge is 0.357 e. The van der Waals surface area contributed by atoms with E-state index < -0.39 is 0 Å². The van der Waals surface area contributed by atoms with Gasteiger partial charge < -0.3 is 5.32 Å². The fourth-order valence-electron chi connectivity index (χ4n) is 3.50. The smallest absolute Gasteiger partial charge is 0.141 e. The SMILES string of the molecule is Bc1c(B)c(B)c(Nc2c(B)c(B)c(B)c(B)c2B)c(B)c1B. The standard InChI is InChI=1S/C12H21B10N/c13-1-3(15)7(19)11(8(20)4(1)16)23-12-9(21)5(17)2(14)6(18)10(12)22/h23H,13-22H2. The lowest BCUT2D eigenvalue weighted by atomic mass is 9.60. The van der Waals surface area contributed by atoms with Crippen LogP contribution in [0.3, 0.4) is 0 Å². The third-order valence-electron chi connectivity index (χ3n) is 6.25. The summed E-state index contributed by atoms with van der Waals surface area (Å²) in [6, 6.07) is 0. The van der Waals surface area contributed by atoms with Crippen molar-refractivity contribution < 1.29 is 0 Å². The summed E-state index contributed by atoms with van der Waals surface area (Å²) in [5.41, 5.74) is 16.4. The van der Waals surface area contributed by atoms with E-state index in [1.165, 1.54) is 66.0 Å². The van der Waals surface area contributed by atoms with Gasteiger partial charge in [-0.2, -0.15) is 0 Å². The lowest BCUT2D eigenvalue weighted by molar-refractivity contribution is 1.71. The molecule has 0 bridgehead atoms. The maximum absolute atomic E-state index is 3.79. The Morgan fingerprint density at radius 1 is 0.304 bits per heavy atom. The Hall–Kier alpha value is -1.11. The van der Waals surface area contributed by atoms with Gasteiger partial charge in [-0.05, 0) is 0 Å². The van der Waals surface area contributed by atoms with Crippen LogP contribution in [0.2, 0.25) is 0 Å². The quantitative estimate of drug-likeness (QED) is 0.541. The number of rotatable bonds is 2. The van der Waals surface area contributed by atoms with Crippen molar-refractivity contribution in [1.82, 2.24) is 0 Å². The van der Waals surface area contributed by atoms with Crippen molar-refractivity contribution >= 4 is 144 Å². The molecule has 0 amide bonds. The highest BCUT2D eigenvalue weighted by molar-refractivity contribution is 6.70. The Morgan fingerprint density at radius 2 is 0.478 bits per heavy atom. The summed E-state index contributed by atoms with van der Waals surface area (Å²) in [7, 11) is 22.3. The maximum atomic E-state index is 3.79. The Kier molecular flexibility index (Phi) is 5.09. The van der Waals surface area contributed by atoms with Crippen LogP contribution in [0.1, 0.15) is 0 Å². The summed E-state index contributed by atoms with van der Waals surface area (Å²) >= 11 is 0. The molecule has 0 fully saturated rings. The van der Waals surface area contributed by atoms with Crippen LogP contribution in [-0.4, -0.2) is 78.5 Å². The van der Waals surface area contributed by atoms with Crippen LogP contribution in [-0.2, 0) is 0 Å². The van der Waals surface area contributed by atoms with Crippen LogP contribution in [0, 0.1) is 0 Å². The fraction of sp³-hybridized carbons (Fsp3) is 0. The van der Waals surface area contributed by atoms with Crippen LogP contribution < -0.4 is 59.9 Å². The molecule has 0 aliphatic heterocycles. The lowest BCUT2D eigenvalue weighted by Gasteiger charge is -2.26.